The summed E-state index contributed by atoms with van der Waals surface area (Å²) in [6.07, 6.45) is 3.73. The van der Waals surface area contributed by atoms with E-state index in [0.717, 1.165) is 37.9 Å². The Bertz CT molecular complexity index is 543. The number of esters is 1. The molecule has 2 N–H and O–H groups in total. The fourth-order valence-electron chi connectivity index (χ4n) is 2.76. The Balaban J connectivity index is 0.00000264. The van der Waals surface area contributed by atoms with Crippen LogP contribution in [0.25, 0.3) is 0 Å². The molecule has 0 aromatic heterocycles. The monoisotopic (exact) mass is 340 g/mol. The molecule has 5 nitrogen and oxygen atoms in total. The Morgan fingerprint density at radius 1 is 1.30 bits per heavy atom. The highest BCUT2D eigenvalue weighted by Gasteiger charge is 2.15. The number of aryl methyl sites for hydroxylation is 1. The molecule has 1 amide bonds. The van der Waals surface area contributed by atoms with Gasteiger partial charge >= 0.3 is 5.97 Å². The van der Waals surface area contributed by atoms with E-state index >= 15 is 0 Å². The summed E-state index contributed by atoms with van der Waals surface area (Å²) in [4.78, 5) is 23.7. The molecule has 0 bridgehead atoms. The highest BCUT2D eigenvalue weighted by molar-refractivity contribution is 5.95. The molecule has 2 rings (SSSR count). The van der Waals surface area contributed by atoms with Crippen molar-refractivity contribution < 1.29 is 14.3 Å². The maximum atomic E-state index is 12.0. The van der Waals surface area contributed by atoms with Gasteiger partial charge in [-0.25, -0.2) is 4.79 Å². The van der Waals surface area contributed by atoms with Crippen LogP contribution in [-0.4, -0.2) is 32.1 Å². The molecule has 1 aliphatic heterocycles. The van der Waals surface area contributed by atoms with E-state index in [0.29, 0.717) is 23.6 Å². The van der Waals surface area contributed by atoms with Crippen LogP contribution in [0.15, 0.2) is 18.2 Å². The minimum absolute atomic E-state index is 0. The van der Waals surface area contributed by atoms with Gasteiger partial charge in [0.15, 0.2) is 0 Å². The van der Waals surface area contributed by atoms with Crippen molar-refractivity contribution in [1.29, 1.82) is 0 Å². The molecule has 1 heterocycles. The van der Waals surface area contributed by atoms with E-state index in [4.69, 9.17) is 4.74 Å². The van der Waals surface area contributed by atoms with Crippen molar-refractivity contribution in [1.82, 2.24) is 5.32 Å². The number of hydrogen-bond donors (Lipinski definition) is 2. The summed E-state index contributed by atoms with van der Waals surface area (Å²) in [5.41, 5.74) is 1.96. The van der Waals surface area contributed by atoms with Crippen molar-refractivity contribution in [3.63, 3.8) is 0 Å². The third-order valence-electron chi connectivity index (χ3n) is 4.17. The average molecular weight is 341 g/mol. The highest BCUT2D eigenvalue weighted by atomic mass is 35.5. The van der Waals surface area contributed by atoms with Gasteiger partial charge in [-0.1, -0.05) is 6.07 Å². The molecule has 0 atom stereocenters. The number of anilines is 1. The lowest BCUT2D eigenvalue weighted by molar-refractivity contribution is -0.116. The number of piperidine rings is 1. The van der Waals surface area contributed by atoms with Crippen LogP contribution in [-0.2, 0) is 9.53 Å². The molecule has 0 aliphatic carbocycles. The van der Waals surface area contributed by atoms with Gasteiger partial charge in [0.1, 0.15) is 0 Å². The van der Waals surface area contributed by atoms with E-state index in [1.807, 2.05) is 19.1 Å². The fourth-order valence-corrected chi connectivity index (χ4v) is 2.76. The van der Waals surface area contributed by atoms with Gasteiger partial charge < -0.3 is 15.4 Å². The molecule has 1 aromatic carbocycles. The molecule has 0 saturated carbocycles. The molecule has 1 saturated heterocycles. The zero-order valence-electron chi connectivity index (χ0n) is 13.7. The summed E-state index contributed by atoms with van der Waals surface area (Å²) in [6, 6.07) is 5.29. The number of amides is 1. The minimum Gasteiger partial charge on any atom is -0.465 e. The topological polar surface area (TPSA) is 67.4 Å². The predicted octanol–water partition coefficient (Wildman–Crippen LogP) is 2.92. The van der Waals surface area contributed by atoms with Crippen LogP contribution in [0.4, 0.5) is 5.69 Å². The zero-order valence-corrected chi connectivity index (χ0v) is 14.5. The van der Waals surface area contributed by atoms with Crippen LogP contribution < -0.4 is 10.6 Å². The van der Waals surface area contributed by atoms with E-state index in [1.54, 1.807) is 6.07 Å². The molecule has 128 valence electrons. The zero-order chi connectivity index (χ0) is 15.9. The van der Waals surface area contributed by atoms with Crippen LogP contribution in [0.2, 0.25) is 0 Å². The number of hydrogen-bond acceptors (Lipinski definition) is 4. The van der Waals surface area contributed by atoms with E-state index in [2.05, 4.69) is 10.6 Å². The molecule has 0 radical (unpaired) electrons. The number of benzene rings is 1. The van der Waals surface area contributed by atoms with Crippen molar-refractivity contribution in [3.8, 4) is 0 Å². The molecular formula is C17H25ClN2O3. The molecule has 1 aromatic rings. The molecule has 1 aliphatic rings. The average Bonchev–Trinajstić information content (AvgIpc) is 2.55. The number of carbonyl (C=O) groups excluding carboxylic acids is 2. The van der Waals surface area contributed by atoms with Crippen LogP contribution in [0.1, 0.15) is 41.6 Å². The van der Waals surface area contributed by atoms with Crippen LogP contribution in [0.5, 0.6) is 0 Å². The van der Waals surface area contributed by atoms with Crippen LogP contribution in [0, 0.1) is 12.8 Å². The summed E-state index contributed by atoms with van der Waals surface area (Å²) < 4.78 is 4.75. The number of halogens is 1. The van der Waals surface area contributed by atoms with Crippen LogP contribution >= 0.6 is 12.4 Å². The summed E-state index contributed by atoms with van der Waals surface area (Å²) in [5.74, 6) is 0.247. The van der Waals surface area contributed by atoms with Gasteiger partial charge in [-0.3, -0.25) is 4.79 Å². The van der Waals surface area contributed by atoms with E-state index in [9.17, 15) is 9.59 Å². The van der Waals surface area contributed by atoms with Crippen molar-refractivity contribution in [2.75, 3.05) is 25.5 Å². The number of nitrogens with one attached hydrogen (secondary N) is 2. The molecule has 6 heteroatoms. The van der Waals surface area contributed by atoms with Gasteiger partial charge in [0.05, 0.1) is 12.7 Å². The second-order valence-electron chi connectivity index (χ2n) is 5.80. The SMILES string of the molecule is COC(=O)c1cc(NC(=O)CCC2CCNCC2)ccc1C.Cl. The number of rotatable bonds is 5. The molecular weight excluding hydrogens is 316 g/mol. The Morgan fingerprint density at radius 3 is 2.65 bits per heavy atom. The standard InChI is InChI=1S/C17H24N2O3.ClH/c1-12-3-5-14(11-15(12)17(21)22-2)19-16(20)6-4-13-7-9-18-10-8-13;/h3,5,11,13,18H,4,6-10H2,1-2H3,(H,19,20);1H. The first kappa shape index (κ1) is 19.5. The second-order valence-corrected chi connectivity index (χ2v) is 5.80. The lowest BCUT2D eigenvalue weighted by Crippen LogP contribution is -2.28. The molecule has 0 unspecified atom stereocenters. The van der Waals surface area contributed by atoms with Gasteiger partial charge in [-0.2, -0.15) is 0 Å². The quantitative estimate of drug-likeness (QED) is 0.809. The first-order valence-corrected chi connectivity index (χ1v) is 7.79. The summed E-state index contributed by atoms with van der Waals surface area (Å²) >= 11 is 0. The van der Waals surface area contributed by atoms with Gasteiger partial charge in [0.25, 0.3) is 0 Å². The fraction of sp³-hybridized carbons (Fsp3) is 0.529. The third kappa shape index (κ3) is 5.84. The lowest BCUT2D eigenvalue weighted by atomic mass is 9.93. The third-order valence-corrected chi connectivity index (χ3v) is 4.17. The number of ether oxygens (including phenoxy) is 1. The summed E-state index contributed by atoms with van der Waals surface area (Å²) in [6.45, 7) is 3.94. The maximum Gasteiger partial charge on any atom is 0.338 e. The van der Waals surface area contributed by atoms with Crippen molar-refractivity contribution in [3.05, 3.63) is 29.3 Å². The normalized spacial score (nSPS) is 14.7. The van der Waals surface area contributed by atoms with E-state index in [-0.39, 0.29) is 24.3 Å². The minimum atomic E-state index is -0.386. The van der Waals surface area contributed by atoms with Gasteiger partial charge in [0, 0.05) is 12.1 Å². The smallest absolute Gasteiger partial charge is 0.338 e. The predicted molar refractivity (Wildman–Crippen MR) is 93.2 cm³/mol. The first-order valence-electron chi connectivity index (χ1n) is 7.79. The molecule has 23 heavy (non-hydrogen) atoms. The lowest BCUT2D eigenvalue weighted by Gasteiger charge is -2.22. The number of methoxy groups -OCH3 is 1. The van der Waals surface area contributed by atoms with Crippen molar-refractivity contribution in [2.24, 2.45) is 5.92 Å². The van der Waals surface area contributed by atoms with Crippen LogP contribution in [0.3, 0.4) is 0 Å². The Kier molecular flexibility index (Phi) is 8.06. The molecule has 0 spiro atoms. The van der Waals surface area contributed by atoms with Crippen molar-refractivity contribution in [2.45, 2.75) is 32.6 Å². The highest BCUT2D eigenvalue weighted by Crippen LogP contribution is 2.19. The Hall–Kier alpha value is -1.59. The van der Waals surface area contributed by atoms with E-state index in [1.165, 1.54) is 7.11 Å². The van der Waals surface area contributed by atoms with Crippen molar-refractivity contribution >= 4 is 30.0 Å². The van der Waals surface area contributed by atoms with Gasteiger partial charge in [-0.15, -0.1) is 12.4 Å². The Labute approximate surface area is 143 Å². The number of carbonyl (C=O) groups is 2. The van der Waals surface area contributed by atoms with Gasteiger partial charge in [-0.05, 0) is 62.9 Å². The summed E-state index contributed by atoms with van der Waals surface area (Å²) in [7, 11) is 1.35. The van der Waals surface area contributed by atoms with Gasteiger partial charge in [0.2, 0.25) is 5.91 Å². The van der Waals surface area contributed by atoms with E-state index < -0.39 is 0 Å². The largest absolute Gasteiger partial charge is 0.465 e. The first-order chi connectivity index (χ1) is 10.6. The summed E-state index contributed by atoms with van der Waals surface area (Å²) in [5, 5.41) is 6.19. The Morgan fingerprint density at radius 2 is 2.00 bits per heavy atom. The second kappa shape index (κ2) is 9.53. The molecule has 1 fully saturated rings. The maximum absolute atomic E-state index is 12.0.